The lowest BCUT2D eigenvalue weighted by Gasteiger charge is -2.20. The maximum atomic E-state index is 12.4. The lowest BCUT2D eigenvalue weighted by Crippen LogP contribution is -2.40. The van der Waals surface area contributed by atoms with Crippen molar-refractivity contribution in [3.05, 3.63) is 51.4 Å². The van der Waals surface area contributed by atoms with E-state index in [0.717, 1.165) is 10.4 Å². The highest BCUT2D eigenvalue weighted by Crippen LogP contribution is 2.31. The lowest BCUT2D eigenvalue weighted by atomic mass is 10.1. The summed E-state index contributed by atoms with van der Waals surface area (Å²) < 4.78 is 0. The van der Waals surface area contributed by atoms with Gasteiger partial charge in [0, 0.05) is 21.5 Å². The van der Waals surface area contributed by atoms with Gasteiger partial charge in [0.2, 0.25) is 0 Å². The smallest absolute Gasteiger partial charge is 0.256 e. The zero-order valence-corrected chi connectivity index (χ0v) is 15.8. The molecule has 2 amide bonds. The number of nitrogens with zero attached hydrogens (tertiary/aromatic N) is 1. The van der Waals surface area contributed by atoms with Crippen LogP contribution < -0.4 is 10.6 Å². The number of amides is 2. The van der Waals surface area contributed by atoms with Crippen LogP contribution in [0.4, 0.5) is 5.00 Å². The standard InChI is InChI=1S/C19H21N3O2S/c1-11-12(2)25-18(15(11)10-20)21-16(23)13-6-8-14(9-7-13)17(24)22-19(3,4)5/h6-9H,1-5H3,(H,21,23)(H,22,24). The number of hydrogen-bond acceptors (Lipinski definition) is 4. The summed E-state index contributed by atoms with van der Waals surface area (Å²) in [5.74, 6) is -0.490. The highest BCUT2D eigenvalue weighted by atomic mass is 32.1. The summed E-state index contributed by atoms with van der Waals surface area (Å²) in [5.41, 5.74) is 1.98. The van der Waals surface area contributed by atoms with Crippen LogP contribution >= 0.6 is 11.3 Å². The summed E-state index contributed by atoms with van der Waals surface area (Å²) in [6.07, 6.45) is 0. The Labute approximate surface area is 151 Å². The quantitative estimate of drug-likeness (QED) is 0.872. The van der Waals surface area contributed by atoms with Crippen molar-refractivity contribution in [1.29, 1.82) is 5.26 Å². The lowest BCUT2D eigenvalue weighted by molar-refractivity contribution is 0.0918. The number of carbonyl (C=O) groups excluding carboxylic acids is 2. The average Bonchev–Trinajstić information content (AvgIpc) is 2.79. The summed E-state index contributed by atoms with van der Waals surface area (Å²) in [7, 11) is 0. The van der Waals surface area contributed by atoms with Crippen LogP contribution in [0.5, 0.6) is 0 Å². The van der Waals surface area contributed by atoms with Crippen molar-refractivity contribution in [3.63, 3.8) is 0 Å². The summed E-state index contributed by atoms with van der Waals surface area (Å²) >= 11 is 1.38. The molecule has 25 heavy (non-hydrogen) atoms. The largest absolute Gasteiger partial charge is 0.347 e. The van der Waals surface area contributed by atoms with Crippen molar-refractivity contribution >= 4 is 28.2 Å². The first-order valence-electron chi connectivity index (χ1n) is 7.86. The Balaban J connectivity index is 2.15. The Kier molecular flexibility index (Phi) is 5.29. The molecule has 0 bridgehead atoms. The van der Waals surface area contributed by atoms with Gasteiger partial charge in [0.1, 0.15) is 11.1 Å². The zero-order valence-electron chi connectivity index (χ0n) is 15.0. The average molecular weight is 355 g/mol. The minimum Gasteiger partial charge on any atom is -0.347 e. The van der Waals surface area contributed by atoms with Gasteiger partial charge in [0.25, 0.3) is 11.8 Å². The van der Waals surface area contributed by atoms with Gasteiger partial charge in [-0.3, -0.25) is 9.59 Å². The van der Waals surface area contributed by atoms with Crippen LogP contribution in [-0.4, -0.2) is 17.4 Å². The molecule has 0 atom stereocenters. The predicted octanol–water partition coefficient (Wildman–Crippen LogP) is 4.02. The number of nitriles is 1. The molecule has 5 nitrogen and oxygen atoms in total. The molecule has 1 heterocycles. The van der Waals surface area contributed by atoms with Crippen molar-refractivity contribution in [1.82, 2.24) is 5.32 Å². The third-order valence-electron chi connectivity index (χ3n) is 3.62. The minimum atomic E-state index is -0.324. The number of nitrogens with one attached hydrogen (secondary N) is 2. The molecule has 1 aromatic heterocycles. The van der Waals surface area contributed by atoms with Gasteiger partial charge >= 0.3 is 0 Å². The van der Waals surface area contributed by atoms with Crippen molar-refractivity contribution in [2.75, 3.05) is 5.32 Å². The molecule has 0 aliphatic heterocycles. The van der Waals surface area contributed by atoms with Crippen LogP contribution in [0.25, 0.3) is 0 Å². The molecule has 0 radical (unpaired) electrons. The number of thiophene rings is 1. The second-order valence-corrected chi connectivity index (χ2v) is 8.06. The Morgan fingerprint density at radius 1 is 1.04 bits per heavy atom. The van der Waals surface area contributed by atoms with Crippen LogP contribution in [0, 0.1) is 25.2 Å². The first-order chi connectivity index (χ1) is 11.6. The van der Waals surface area contributed by atoms with E-state index in [0.29, 0.717) is 21.7 Å². The van der Waals surface area contributed by atoms with Gasteiger partial charge in [0.15, 0.2) is 0 Å². The van der Waals surface area contributed by atoms with Gasteiger partial charge in [0.05, 0.1) is 5.56 Å². The summed E-state index contributed by atoms with van der Waals surface area (Å²) in [6.45, 7) is 9.50. The monoisotopic (exact) mass is 355 g/mol. The Bertz CT molecular complexity index is 853. The van der Waals surface area contributed by atoms with Crippen molar-refractivity contribution < 1.29 is 9.59 Å². The molecule has 2 rings (SSSR count). The van der Waals surface area contributed by atoms with E-state index in [1.54, 1.807) is 24.3 Å². The van der Waals surface area contributed by atoms with Gasteiger partial charge in [-0.1, -0.05) is 0 Å². The van der Waals surface area contributed by atoms with Crippen LogP contribution in [0.2, 0.25) is 0 Å². The predicted molar refractivity (Wildman–Crippen MR) is 100 cm³/mol. The topological polar surface area (TPSA) is 82.0 Å². The number of rotatable bonds is 3. The minimum absolute atomic E-state index is 0.185. The van der Waals surface area contributed by atoms with Gasteiger partial charge in [-0.25, -0.2) is 0 Å². The maximum absolute atomic E-state index is 12.4. The highest BCUT2D eigenvalue weighted by Gasteiger charge is 2.17. The first kappa shape index (κ1) is 18.7. The molecule has 0 spiro atoms. The van der Waals surface area contributed by atoms with E-state index in [9.17, 15) is 14.9 Å². The third-order valence-corrected chi connectivity index (χ3v) is 4.74. The summed E-state index contributed by atoms with van der Waals surface area (Å²) in [4.78, 5) is 25.5. The Morgan fingerprint density at radius 3 is 2.04 bits per heavy atom. The van der Waals surface area contributed by atoms with Crippen LogP contribution in [-0.2, 0) is 0 Å². The molecular weight excluding hydrogens is 334 g/mol. The second kappa shape index (κ2) is 7.08. The molecule has 1 aromatic carbocycles. The van der Waals surface area contributed by atoms with Crippen molar-refractivity contribution in [2.24, 2.45) is 0 Å². The zero-order chi connectivity index (χ0) is 18.8. The van der Waals surface area contributed by atoms with E-state index in [1.165, 1.54) is 11.3 Å². The number of benzene rings is 1. The van der Waals surface area contributed by atoms with Crippen molar-refractivity contribution in [2.45, 2.75) is 40.2 Å². The second-order valence-electron chi connectivity index (χ2n) is 6.83. The fourth-order valence-corrected chi connectivity index (χ4v) is 3.22. The molecule has 2 N–H and O–H groups in total. The maximum Gasteiger partial charge on any atom is 0.256 e. The molecule has 0 aliphatic carbocycles. The molecular formula is C19H21N3O2S. The molecule has 6 heteroatoms. The number of carbonyl (C=O) groups is 2. The molecule has 0 fully saturated rings. The first-order valence-corrected chi connectivity index (χ1v) is 8.68. The highest BCUT2D eigenvalue weighted by molar-refractivity contribution is 7.16. The van der Waals surface area contributed by atoms with Gasteiger partial charge in [-0.05, 0) is 64.4 Å². The van der Waals surface area contributed by atoms with Gasteiger partial charge in [-0.2, -0.15) is 5.26 Å². The molecule has 130 valence electrons. The van der Waals surface area contributed by atoms with Crippen molar-refractivity contribution in [3.8, 4) is 6.07 Å². The third kappa shape index (κ3) is 4.46. The van der Waals surface area contributed by atoms with Gasteiger partial charge in [-0.15, -0.1) is 11.3 Å². The van der Waals surface area contributed by atoms with Crippen LogP contribution in [0.15, 0.2) is 24.3 Å². The van der Waals surface area contributed by atoms with Crippen LogP contribution in [0.3, 0.4) is 0 Å². The molecule has 0 unspecified atom stereocenters. The number of hydrogen-bond donors (Lipinski definition) is 2. The summed E-state index contributed by atoms with van der Waals surface area (Å²) in [6, 6.07) is 8.57. The fourth-order valence-electron chi connectivity index (χ4n) is 2.21. The van der Waals surface area contributed by atoms with E-state index in [4.69, 9.17) is 0 Å². The van der Waals surface area contributed by atoms with Crippen LogP contribution in [0.1, 0.15) is 57.5 Å². The summed E-state index contributed by atoms with van der Waals surface area (Å²) in [5, 5.41) is 15.5. The molecule has 0 saturated carbocycles. The fraction of sp³-hybridized carbons (Fsp3) is 0.316. The Hall–Kier alpha value is -2.65. The van der Waals surface area contributed by atoms with E-state index in [1.807, 2.05) is 34.6 Å². The van der Waals surface area contributed by atoms with E-state index >= 15 is 0 Å². The van der Waals surface area contributed by atoms with E-state index in [2.05, 4.69) is 16.7 Å². The SMILES string of the molecule is Cc1sc(NC(=O)c2ccc(C(=O)NC(C)(C)C)cc2)c(C#N)c1C. The van der Waals surface area contributed by atoms with Gasteiger partial charge < -0.3 is 10.6 Å². The molecule has 2 aromatic rings. The number of anilines is 1. The van der Waals surface area contributed by atoms with E-state index < -0.39 is 0 Å². The molecule has 0 saturated heterocycles. The number of aryl methyl sites for hydroxylation is 1. The molecule has 0 aliphatic rings. The normalized spacial score (nSPS) is 10.9. The van der Waals surface area contributed by atoms with E-state index in [-0.39, 0.29) is 17.4 Å². The Morgan fingerprint density at radius 2 is 1.56 bits per heavy atom.